The van der Waals surface area contributed by atoms with E-state index in [0.29, 0.717) is 6.54 Å². The molecule has 0 aromatic carbocycles. The minimum atomic E-state index is -0.946. The molecule has 1 aliphatic heterocycles. The molecular formula is C17H30IN3O2S2. The first kappa shape index (κ1) is 23.0. The first-order valence-electron chi connectivity index (χ1n) is 8.41. The van der Waals surface area contributed by atoms with E-state index in [2.05, 4.69) is 21.9 Å². The molecule has 0 saturated carbocycles. The van der Waals surface area contributed by atoms with E-state index in [0.717, 1.165) is 50.7 Å². The predicted octanol–water partition coefficient (Wildman–Crippen LogP) is 3.04. The van der Waals surface area contributed by atoms with E-state index < -0.39 is 5.60 Å². The fourth-order valence-electron chi connectivity index (χ4n) is 2.68. The van der Waals surface area contributed by atoms with Crippen molar-refractivity contribution >= 4 is 53.0 Å². The molecule has 5 nitrogen and oxygen atoms in total. The van der Waals surface area contributed by atoms with Gasteiger partial charge in [0.05, 0.1) is 6.54 Å². The lowest BCUT2D eigenvalue weighted by atomic mass is 9.99. The van der Waals surface area contributed by atoms with Gasteiger partial charge in [0.1, 0.15) is 5.60 Å². The average Bonchev–Trinajstić information content (AvgIpc) is 3.14. The molecule has 0 aliphatic carbocycles. The number of hydrogen-bond donors (Lipinski definition) is 3. The van der Waals surface area contributed by atoms with E-state index in [1.807, 2.05) is 42.4 Å². The van der Waals surface area contributed by atoms with Crippen LogP contribution in [0.25, 0.3) is 0 Å². The van der Waals surface area contributed by atoms with Crippen LogP contribution >= 0.6 is 47.1 Å². The monoisotopic (exact) mass is 499 g/mol. The Morgan fingerprint density at radius 1 is 1.44 bits per heavy atom. The quantitative estimate of drug-likeness (QED) is 0.306. The standard InChI is InChI=1S/C17H29N3O2S2.HI/c1-4-18-15(19-12-16(2,21)14-5-10-24-11-14)20-13-17(23-3)6-8-22-9-7-17;/h5,10-11,21H,4,6-9,12-13H2,1-3H3,(H2,18,19,20);1H. The van der Waals surface area contributed by atoms with Crippen LogP contribution < -0.4 is 10.6 Å². The molecule has 0 bridgehead atoms. The van der Waals surface area contributed by atoms with Gasteiger partial charge in [-0.2, -0.15) is 23.1 Å². The van der Waals surface area contributed by atoms with Gasteiger partial charge in [-0.3, -0.25) is 0 Å². The van der Waals surface area contributed by atoms with Gasteiger partial charge in [0.2, 0.25) is 0 Å². The van der Waals surface area contributed by atoms with Crippen molar-refractivity contribution in [1.82, 2.24) is 10.6 Å². The Morgan fingerprint density at radius 2 is 2.16 bits per heavy atom. The zero-order valence-electron chi connectivity index (χ0n) is 15.2. The highest BCUT2D eigenvalue weighted by Gasteiger charge is 2.32. The van der Waals surface area contributed by atoms with Gasteiger partial charge in [-0.05, 0) is 55.3 Å². The number of nitrogens with zero attached hydrogens (tertiary/aromatic N) is 1. The topological polar surface area (TPSA) is 65.9 Å². The summed E-state index contributed by atoms with van der Waals surface area (Å²) in [5.74, 6) is 0.757. The number of aliphatic hydroxyl groups is 1. The van der Waals surface area contributed by atoms with Crippen LogP contribution in [-0.2, 0) is 10.3 Å². The Bertz CT molecular complexity index is 518. The van der Waals surface area contributed by atoms with Crippen molar-refractivity contribution in [3.63, 3.8) is 0 Å². The normalized spacial score (nSPS) is 19.6. The third-order valence-corrected chi connectivity index (χ3v) is 6.55. The van der Waals surface area contributed by atoms with E-state index in [1.54, 1.807) is 11.3 Å². The molecule has 1 aromatic rings. The smallest absolute Gasteiger partial charge is 0.191 e. The Kier molecular flexibility index (Phi) is 10.1. The average molecular weight is 499 g/mol. The van der Waals surface area contributed by atoms with Crippen molar-refractivity contribution in [3.8, 4) is 0 Å². The highest BCUT2D eigenvalue weighted by atomic mass is 127. The van der Waals surface area contributed by atoms with Gasteiger partial charge < -0.3 is 20.5 Å². The van der Waals surface area contributed by atoms with E-state index >= 15 is 0 Å². The molecule has 0 radical (unpaired) electrons. The highest BCUT2D eigenvalue weighted by Crippen LogP contribution is 2.33. The molecule has 2 rings (SSSR count). The maximum Gasteiger partial charge on any atom is 0.191 e. The zero-order valence-corrected chi connectivity index (χ0v) is 19.2. The number of thiophene rings is 1. The van der Waals surface area contributed by atoms with Crippen LogP contribution in [0.2, 0.25) is 0 Å². The van der Waals surface area contributed by atoms with Crippen molar-refractivity contribution in [2.75, 3.05) is 39.1 Å². The second kappa shape index (κ2) is 11.0. The lowest BCUT2D eigenvalue weighted by Crippen LogP contribution is -2.48. The van der Waals surface area contributed by atoms with Gasteiger partial charge >= 0.3 is 0 Å². The number of nitrogens with one attached hydrogen (secondary N) is 2. The molecular weight excluding hydrogens is 469 g/mol. The number of guanidine groups is 1. The summed E-state index contributed by atoms with van der Waals surface area (Å²) in [6.45, 7) is 7.48. The maximum atomic E-state index is 10.6. The second-order valence-corrected chi connectivity index (χ2v) is 8.39. The number of rotatable bonds is 7. The SMILES string of the molecule is CCNC(=NCC(C)(O)c1ccsc1)NCC1(SC)CCOCC1.I. The maximum absolute atomic E-state index is 10.6. The highest BCUT2D eigenvalue weighted by molar-refractivity contribution is 14.0. The van der Waals surface area contributed by atoms with Gasteiger partial charge in [0, 0.05) is 31.1 Å². The molecule has 0 spiro atoms. The van der Waals surface area contributed by atoms with Crippen molar-refractivity contribution in [2.45, 2.75) is 37.0 Å². The van der Waals surface area contributed by atoms with Crippen molar-refractivity contribution in [1.29, 1.82) is 0 Å². The van der Waals surface area contributed by atoms with E-state index in [-0.39, 0.29) is 28.7 Å². The van der Waals surface area contributed by atoms with Crippen LogP contribution in [0, 0.1) is 0 Å². The summed E-state index contributed by atoms with van der Waals surface area (Å²) in [6.07, 6.45) is 4.26. The van der Waals surface area contributed by atoms with Gasteiger partial charge in [-0.15, -0.1) is 24.0 Å². The molecule has 1 aromatic heterocycles. The molecule has 1 atom stereocenters. The Hall–Kier alpha value is -0.0300. The molecule has 1 fully saturated rings. The lowest BCUT2D eigenvalue weighted by Gasteiger charge is -2.36. The van der Waals surface area contributed by atoms with Crippen LogP contribution in [-0.4, -0.2) is 54.9 Å². The minimum absolute atomic E-state index is 0. The van der Waals surface area contributed by atoms with Crippen LogP contribution in [0.5, 0.6) is 0 Å². The molecule has 2 heterocycles. The predicted molar refractivity (Wildman–Crippen MR) is 120 cm³/mol. The molecule has 1 aliphatic rings. The summed E-state index contributed by atoms with van der Waals surface area (Å²) in [7, 11) is 0. The second-order valence-electron chi connectivity index (χ2n) is 6.33. The summed E-state index contributed by atoms with van der Waals surface area (Å²) in [5, 5.41) is 21.3. The number of hydrogen-bond acceptors (Lipinski definition) is 5. The first-order chi connectivity index (χ1) is 11.5. The van der Waals surface area contributed by atoms with Crippen molar-refractivity contribution in [2.24, 2.45) is 4.99 Å². The van der Waals surface area contributed by atoms with Crippen LogP contribution in [0.15, 0.2) is 21.8 Å². The molecule has 0 amide bonds. The largest absolute Gasteiger partial charge is 0.383 e. The molecule has 1 saturated heterocycles. The summed E-state index contributed by atoms with van der Waals surface area (Å²) in [5.41, 5.74) is -0.0322. The molecule has 144 valence electrons. The lowest BCUT2D eigenvalue weighted by molar-refractivity contribution is 0.0676. The summed E-state index contributed by atoms with van der Waals surface area (Å²) < 4.78 is 5.69. The summed E-state index contributed by atoms with van der Waals surface area (Å²) in [6, 6.07) is 1.95. The third kappa shape index (κ3) is 6.89. The fraction of sp³-hybridized carbons (Fsp3) is 0.706. The van der Waals surface area contributed by atoms with Gasteiger partial charge in [0.15, 0.2) is 5.96 Å². The van der Waals surface area contributed by atoms with Gasteiger partial charge in [-0.25, -0.2) is 4.99 Å². The van der Waals surface area contributed by atoms with Gasteiger partial charge in [0.25, 0.3) is 0 Å². The van der Waals surface area contributed by atoms with E-state index in [1.165, 1.54) is 0 Å². The Balaban J connectivity index is 0.00000312. The van der Waals surface area contributed by atoms with E-state index in [4.69, 9.17) is 4.74 Å². The number of aliphatic imine (C=N–C) groups is 1. The summed E-state index contributed by atoms with van der Waals surface area (Å²) >= 11 is 3.49. The molecule has 25 heavy (non-hydrogen) atoms. The number of halogens is 1. The van der Waals surface area contributed by atoms with Crippen molar-refractivity contribution < 1.29 is 9.84 Å². The van der Waals surface area contributed by atoms with E-state index in [9.17, 15) is 5.11 Å². The Labute approximate surface area is 176 Å². The minimum Gasteiger partial charge on any atom is -0.383 e. The van der Waals surface area contributed by atoms with Gasteiger partial charge in [-0.1, -0.05) is 0 Å². The van der Waals surface area contributed by atoms with Crippen LogP contribution in [0.4, 0.5) is 0 Å². The molecule has 1 unspecified atom stereocenters. The molecule has 3 N–H and O–H groups in total. The third-order valence-electron chi connectivity index (χ3n) is 4.45. The Morgan fingerprint density at radius 3 is 2.72 bits per heavy atom. The first-order valence-corrected chi connectivity index (χ1v) is 10.6. The number of thioether (sulfide) groups is 1. The molecule has 8 heteroatoms. The number of ether oxygens (including phenoxy) is 1. The van der Waals surface area contributed by atoms with Crippen molar-refractivity contribution in [3.05, 3.63) is 22.4 Å². The summed E-state index contributed by atoms with van der Waals surface area (Å²) in [4.78, 5) is 4.60. The fourth-order valence-corrected chi connectivity index (χ4v) is 4.25. The van der Waals surface area contributed by atoms with Crippen LogP contribution in [0.3, 0.4) is 0 Å². The zero-order chi connectivity index (χ0) is 17.5. The van der Waals surface area contributed by atoms with Crippen LogP contribution in [0.1, 0.15) is 32.3 Å².